The third kappa shape index (κ3) is 6.19. The number of benzene rings is 1. The molecule has 10 heteroatoms. The summed E-state index contributed by atoms with van der Waals surface area (Å²) in [6, 6.07) is 9.86. The molecule has 3 heterocycles. The highest BCUT2D eigenvalue weighted by Crippen LogP contribution is 2.29. The van der Waals surface area contributed by atoms with Crippen LogP contribution < -0.4 is 10.6 Å². The first-order valence-electron chi connectivity index (χ1n) is 12.2. The molecule has 1 aliphatic heterocycles. The van der Waals surface area contributed by atoms with E-state index in [0.717, 1.165) is 24.4 Å². The Morgan fingerprint density at radius 3 is 2.57 bits per heavy atom. The van der Waals surface area contributed by atoms with Gasteiger partial charge in [-0.3, -0.25) is 19.5 Å². The lowest BCUT2D eigenvalue weighted by molar-refractivity contribution is -0.126. The van der Waals surface area contributed by atoms with Crippen LogP contribution in [0.25, 0.3) is 11.3 Å². The summed E-state index contributed by atoms with van der Waals surface area (Å²) < 4.78 is 32.6. The summed E-state index contributed by atoms with van der Waals surface area (Å²) in [7, 11) is 0. The number of carbonyl (C=O) groups is 2. The van der Waals surface area contributed by atoms with E-state index in [1.54, 1.807) is 6.20 Å². The second-order valence-electron chi connectivity index (χ2n) is 10.6. The smallest absolute Gasteiger partial charge is 0.274 e. The summed E-state index contributed by atoms with van der Waals surface area (Å²) in [5, 5.41) is 9.76. The normalized spacial score (nSPS) is 15.3. The summed E-state index contributed by atoms with van der Waals surface area (Å²) >= 11 is 0. The Labute approximate surface area is 214 Å². The molecule has 0 atom stereocenters. The number of hydrogen-bond donors (Lipinski definition) is 2. The van der Waals surface area contributed by atoms with E-state index in [9.17, 15) is 18.4 Å². The van der Waals surface area contributed by atoms with E-state index >= 15 is 0 Å². The molecule has 2 aromatic heterocycles. The van der Waals surface area contributed by atoms with Gasteiger partial charge in [0.15, 0.2) is 11.5 Å². The van der Waals surface area contributed by atoms with Crippen LogP contribution in [-0.2, 0) is 10.3 Å². The SMILES string of the molecule is CC(C)CN1CC(CC(=O)NC(C)(C)c2ccccn2)(NC(=O)c2cc(-c3ccc(F)cc3F)on2)C1. The highest BCUT2D eigenvalue weighted by atomic mass is 19.1. The van der Waals surface area contributed by atoms with Crippen LogP contribution in [-0.4, -0.2) is 52.0 Å². The second-order valence-corrected chi connectivity index (χ2v) is 10.6. The van der Waals surface area contributed by atoms with E-state index in [4.69, 9.17) is 4.52 Å². The summed E-state index contributed by atoms with van der Waals surface area (Å²) in [6.07, 6.45) is 1.73. The van der Waals surface area contributed by atoms with Gasteiger partial charge in [-0.05, 0) is 44.0 Å². The van der Waals surface area contributed by atoms with Crippen molar-refractivity contribution in [3.8, 4) is 11.3 Å². The number of amides is 2. The van der Waals surface area contributed by atoms with Crippen molar-refractivity contribution in [2.24, 2.45) is 5.92 Å². The van der Waals surface area contributed by atoms with Crippen molar-refractivity contribution in [1.82, 2.24) is 25.7 Å². The van der Waals surface area contributed by atoms with Crippen LogP contribution in [0.15, 0.2) is 53.2 Å². The number of hydrogen-bond acceptors (Lipinski definition) is 6. The van der Waals surface area contributed by atoms with Gasteiger partial charge in [0, 0.05) is 38.0 Å². The monoisotopic (exact) mass is 511 g/mol. The third-order valence-electron chi connectivity index (χ3n) is 6.25. The lowest BCUT2D eigenvalue weighted by atomic mass is 9.84. The molecule has 8 nitrogen and oxygen atoms in total. The van der Waals surface area contributed by atoms with Gasteiger partial charge < -0.3 is 15.2 Å². The maximum atomic E-state index is 14.1. The van der Waals surface area contributed by atoms with Gasteiger partial charge in [0.2, 0.25) is 5.91 Å². The molecular weight excluding hydrogens is 480 g/mol. The van der Waals surface area contributed by atoms with Crippen molar-refractivity contribution >= 4 is 11.8 Å². The van der Waals surface area contributed by atoms with Gasteiger partial charge in [-0.25, -0.2) is 8.78 Å². The Bertz CT molecular complexity index is 1270. The molecule has 0 bridgehead atoms. The molecule has 1 fully saturated rings. The quantitative estimate of drug-likeness (QED) is 0.452. The lowest BCUT2D eigenvalue weighted by Gasteiger charge is -2.51. The molecule has 1 aromatic carbocycles. The first kappa shape index (κ1) is 26.4. The van der Waals surface area contributed by atoms with Crippen molar-refractivity contribution < 1.29 is 22.9 Å². The molecule has 1 aliphatic rings. The Hall–Kier alpha value is -3.66. The lowest BCUT2D eigenvalue weighted by Crippen LogP contribution is -2.71. The standard InChI is InChI=1S/C27H31F2N5O3/c1-17(2)14-34-15-27(16-34,13-24(35)31-26(3,4)23-7-5-6-10-30-23)32-25(36)21-12-22(37-33-21)19-9-8-18(28)11-20(19)29/h5-12,17H,13-16H2,1-4H3,(H,31,35)(H,32,36). The van der Waals surface area contributed by atoms with Crippen LogP contribution >= 0.6 is 0 Å². The molecule has 4 rings (SSSR count). The van der Waals surface area contributed by atoms with Crippen LogP contribution in [0.2, 0.25) is 0 Å². The number of likely N-dealkylation sites (tertiary alicyclic amines) is 1. The van der Waals surface area contributed by atoms with Gasteiger partial charge in [-0.2, -0.15) is 0 Å². The van der Waals surface area contributed by atoms with E-state index < -0.39 is 28.6 Å². The van der Waals surface area contributed by atoms with Gasteiger partial charge in [0.05, 0.1) is 28.8 Å². The molecular formula is C27H31F2N5O3. The largest absolute Gasteiger partial charge is 0.355 e. The number of aromatic nitrogens is 2. The van der Waals surface area contributed by atoms with Crippen LogP contribution in [0.3, 0.4) is 0 Å². The maximum Gasteiger partial charge on any atom is 0.274 e. The fourth-order valence-corrected chi connectivity index (χ4v) is 4.69. The predicted molar refractivity (Wildman–Crippen MR) is 133 cm³/mol. The fraction of sp³-hybridized carbons (Fsp3) is 0.407. The van der Waals surface area contributed by atoms with Crippen LogP contribution in [0.4, 0.5) is 8.78 Å². The number of carbonyl (C=O) groups excluding carboxylic acids is 2. The van der Waals surface area contributed by atoms with Crippen LogP contribution in [0.1, 0.15) is 50.3 Å². The molecule has 3 aromatic rings. The minimum absolute atomic E-state index is 0.00148. The van der Waals surface area contributed by atoms with Crippen molar-refractivity contribution in [1.29, 1.82) is 0 Å². The van der Waals surface area contributed by atoms with E-state index in [-0.39, 0.29) is 29.3 Å². The van der Waals surface area contributed by atoms with E-state index in [2.05, 4.69) is 39.5 Å². The molecule has 0 unspecified atom stereocenters. The topological polar surface area (TPSA) is 100 Å². The summed E-state index contributed by atoms with van der Waals surface area (Å²) in [5.74, 6) is -1.89. The van der Waals surface area contributed by atoms with Gasteiger partial charge in [-0.1, -0.05) is 25.1 Å². The molecule has 0 aliphatic carbocycles. The Morgan fingerprint density at radius 2 is 1.92 bits per heavy atom. The number of halogens is 2. The third-order valence-corrected chi connectivity index (χ3v) is 6.25. The van der Waals surface area contributed by atoms with Gasteiger partial charge in [0.1, 0.15) is 11.6 Å². The molecule has 0 saturated carbocycles. The van der Waals surface area contributed by atoms with Crippen molar-refractivity contribution in [3.05, 3.63) is 71.7 Å². The van der Waals surface area contributed by atoms with Crippen LogP contribution in [0, 0.1) is 17.6 Å². The minimum Gasteiger partial charge on any atom is -0.355 e. The molecule has 196 valence electrons. The van der Waals surface area contributed by atoms with E-state index in [1.165, 1.54) is 12.1 Å². The van der Waals surface area contributed by atoms with Gasteiger partial charge in [-0.15, -0.1) is 0 Å². The van der Waals surface area contributed by atoms with Crippen molar-refractivity contribution in [2.45, 2.75) is 45.2 Å². The van der Waals surface area contributed by atoms with Gasteiger partial charge >= 0.3 is 0 Å². The molecule has 0 spiro atoms. The molecule has 0 radical (unpaired) electrons. The summed E-state index contributed by atoms with van der Waals surface area (Å²) in [4.78, 5) is 32.7. The highest BCUT2D eigenvalue weighted by molar-refractivity contribution is 5.94. The fourth-order valence-electron chi connectivity index (χ4n) is 4.69. The molecule has 2 amide bonds. The first-order valence-corrected chi connectivity index (χ1v) is 12.2. The summed E-state index contributed by atoms with van der Waals surface area (Å²) in [5.41, 5.74) is -0.860. The first-order chi connectivity index (χ1) is 17.5. The molecule has 2 N–H and O–H groups in total. The van der Waals surface area contributed by atoms with Crippen molar-refractivity contribution in [3.63, 3.8) is 0 Å². The average Bonchev–Trinajstić information content (AvgIpc) is 3.28. The number of pyridine rings is 1. The second kappa shape index (κ2) is 10.4. The zero-order valence-electron chi connectivity index (χ0n) is 21.3. The molecule has 1 saturated heterocycles. The van der Waals surface area contributed by atoms with Crippen LogP contribution in [0.5, 0.6) is 0 Å². The van der Waals surface area contributed by atoms with E-state index in [1.807, 2.05) is 32.0 Å². The Balaban J connectivity index is 1.48. The minimum atomic E-state index is -0.824. The highest BCUT2D eigenvalue weighted by Gasteiger charge is 2.46. The predicted octanol–water partition coefficient (Wildman–Crippen LogP) is 3.90. The van der Waals surface area contributed by atoms with Crippen molar-refractivity contribution in [2.75, 3.05) is 19.6 Å². The van der Waals surface area contributed by atoms with E-state index in [0.29, 0.717) is 19.0 Å². The molecule has 37 heavy (non-hydrogen) atoms. The average molecular weight is 512 g/mol. The summed E-state index contributed by atoms with van der Waals surface area (Å²) in [6.45, 7) is 9.76. The number of nitrogens with zero attached hydrogens (tertiary/aromatic N) is 3. The Kier molecular flexibility index (Phi) is 7.40. The number of nitrogens with one attached hydrogen (secondary N) is 2. The Morgan fingerprint density at radius 1 is 1.16 bits per heavy atom. The maximum absolute atomic E-state index is 14.1. The number of rotatable bonds is 9. The zero-order valence-corrected chi connectivity index (χ0v) is 21.3. The van der Waals surface area contributed by atoms with Gasteiger partial charge in [0.25, 0.3) is 5.91 Å². The zero-order chi connectivity index (χ0) is 26.8.